The molecule has 2 fully saturated rings. The third kappa shape index (κ3) is 3.25. The molecule has 1 aliphatic carbocycles. The lowest BCUT2D eigenvalue weighted by molar-refractivity contribution is 0.0784. The number of rotatable bonds is 6. The number of amides is 1. The number of methoxy groups -OCH3 is 1. The average molecular weight is 358 g/mol. The van der Waals surface area contributed by atoms with E-state index in [9.17, 15) is 4.79 Å². The molecule has 140 valence electrons. The lowest BCUT2D eigenvalue weighted by atomic mass is 9.91. The Morgan fingerprint density at radius 1 is 1.38 bits per heavy atom. The molecule has 3 heterocycles. The van der Waals surface area contributed by atoms with E-state index in [1.54, 1.807) is 13.3 Å². The highest BCUT2D eigenvalue weighted by Crippen LogP contribution is 2.47. The summed E-state index contributed by atoms with van der Waals surface area (Å²) in [5.41, 5.74) is 0.656. The van der Waals surface area contributed by atoms with Gasteiger partial charge in [0.05, 0.1) is 11.8 Å². The molecule has 0 radical (unpaired) electrons. The van der Waals surface area contributed by atoms with Gasteiger partial charge >= 0.3 is 0 Å². The molecule has 4 rings (SSSR count). The number of H-pyrrole nitrogens is 1. The summed E-state index contributed by atoms with van der Waals surface area (Å²) in [5.74, 6) is 2.90. The summed E-state index contributed by atoms with van der Waals surface area (Å²) in [7, 11) is 1.64. The van der Waals surface area contributed by atoms with Gasteiger partial charge < -0.3 is 9.64 Å². The second-order valence-corrected chi connectivity index (χ2v) is 7.69. The van der Waals surface area contributed by atoms with Crippen LogP contribution in [-0.2, 0) is 11.3 Å². The molecular formula is C18H26N6O2. The minimum Gasteiger partial charge on any atom is -0.377 e. The molecule has 8 nitrogen and oxygen atoms in total. The molecule has 0 spiro atoms. The monoisotopic (exact) mass is 358 g/mol. The van der Waals surface area contributed by atoms with E-state index < -0.39 is 0 Å². The fourth-order valence-electron chi connectivity index (χ4n) is 3.86. The van der Waals surface area contributed by atoms with Crippen LogP contribution >= 0.6 is 0 Å². The summed E-state index contributed by atoms with van der Waals surface area (Å²) in [6.45, 7) is 5.96. The van der Waals surface area contributed by atoms with E-state index in [1.165, 1.54) is 12.8 Å². The first-order valence-electron chi connectivity index (χ1n) is 9.30. The van der Waals surface area contributed by atoms with Crippen molar-refractivity contribution in [3.63, 3.8) is 0 Å². The Bertz CT molecular complexity index is 778. The van der Waals surface area contributed by atoms with Crippen LogP contribution in [0.15, 0.2) is 12.4 Å². The summed E-state index contributed by atoms with van der Waals surface area (Å²) in [5, 5.41) is 11.7. The molecule has 1 N–H and O–H groups in total. The third-order valence-electron chi connectivity index (χ3n) is 5.42. The van der Waals surface area contributed by atoms with E-state index in [0.717, 1.165) is 18.2 Å². The largest absolute Gasteiger partial charge is 0.377 e. The minimum atomic E-state index is 0.0534. The summed E-state index contributed by atoms with van der Waals surface area (Å²) >= 11 is 0. The number of aromatic nitrogens is 5. The topological polar surface area (TPSA) is 88.9 Å². The fraction of sp³-hybridized carbons (Fsp3) is 0.667. The van der Waals surface area contributed by atoms with Crippen molar-refractivity contribution in [2.45, 2.75) is 45.3 Å². The second-order valence-electron chi connectivity index (χ2n) is 7.69. The number of hydrogen-bond donors (Lipinski definition) is 1. The zero-order valence-corrected chi connectivity index (χ0v) is 15.6. The normalized spacial score (nSPS) is 23.2. The Morgan fingerprint density at radius 2 is 2.19 bits per heavy atom. The van der Waals surface area contributed by atoms with Crippen LogP contribution < -0.4 is 0 Å². The molecule has 2 aromatic rings. The van der Waals surface area contributed by atoms with Crippen LogP contribution in [0.3, 0.4) is 0 Å². The fourth-order valence-corrected chi connectivity index (χ4v) is 3.86. The molecule has 2 atom stereocenters. The number of likely N-dealkylation sites (tertiary alicyclic amines) is 1. The van der Waals surface area contributed by atoms with Gasteiger partial charge in [0.15, 0.2) is 11.6 Å². The van der Waals surface area contributed by atoms with Gasteiger partial charge in [0.25, 0.3) is 5.91 Å². The van der Waals surface area contributed by atoms with Crippen LogP contribution in [0, 0.1) is 11.8 Å². The molecule has 2 aliphatic rings. The number of carbonyl (C=O) groups excluding carboxylic acids is 1. The van der Waals surface area contributed by atoms with Crippen LogP contribution in [-0.4, -0.2) is 56.0 Å². The van der Waals surface area contributed by atoms with E-state index in [2.05, 4.69) is 34.1 Å². The van der Waals surface area contributed by atoms with Gasteiger partial charge in [-0.3, -0.25) is 14.6 Å². The lowest BCUT2D eigenvalue weighted by Crippen LogP contribution is -2.29. The summed E-state index contributed by atoms with van der Waals surface area (Å²) in [4.78, 5) is 19.5. The van der Waals surface area contributed by atoms with Crippen molar-refractivity contribution in [2.24, 2.45) is 11.8 Å². The first-order chi connectivity index (χ1) is 12.6. The summed E-state index contributed by atoms with van der Waals surface area (Å²) < 4.78 is 6.95. The van der Waals surface area contributed by atoms with E-state index >= 15 is 0 Å². The zero-order valence-electron chi connectivity index (χ0n) is 15.6. The van der Waals surface area contributed by atoms with Crippen molar-refractivity contribution in [2.75, 3.05) is 20.2 Å². The van der Waals surface area contributed by atoms with Gasteiger partial charge in [-0.05, 0) is 38.5 Å². The maximum atomic E-state index is 13.0. The Hall–Kier alpha value is -2.22. The van der Waals surface area contributed by atoms with Crippen molar-refractivity contribution in [3.05, 3.63) is 29.6 Å². The van der Waals surface area contributed by atoms with Gasteiger partial charge in [-0.2, -0.15) is 10.2 Å². The zero-order chi connectivity index (χ0) is 18.3. The number of ether oxygens (including phenoxy) is 1. The van der Waals surface area contributed by atoms with Gasteiger partial charge in [0.1, 0.15) is 6.61 Å². The first kappa shape index (κ1) is 17.2. The van der Waals surface area contributed by atoms with Crippen LogP contribution in [0.4, 0.5) is 0 Å². The average Bonchev–Trinajstić information content (AvgIpc) is 3.06. The molecular weight excluding hydrogens is 332 g/mol. The highest BCUT2D eigenvalue weighted by atomic mass is 16.5. The lowest BCUT2D eigenvalue weighted by Gasteiger charge is -2.15. The molecule has 1 amide bonds. The van der Waals surface area contributed by atoms with Crippen molar-refractivity contribution >= 4 is 5.91 Å². The molecule has 0 bridgehead atoms. The molecule has 2 aromatic heterocycles. The predicted octanol–water partition coefficient (Wildman–Crippen LogP) is 1.99. The molecule has 0 unspecified atom stereocenters. The Morgan fingerprint density at radius 3 is 2.85 bits per heavy atom. The van der Waals surface area contributed by atoms with Gasteiger partial charge in [-0.15, -0.1) is 0 Å². The van der Waals surface area contributed by atoms with Crippen LogP contribution in [0.1, 0.15) is 60.7 Å². The maximum Gasteiger partial charge on any atom is 0.257 e. The van der Waals surface area contributed by atoms with Crippen LogP contribution in [0.25, 0.3) is 0 Å². The van der Waals surface area contributed by atoms with Gasteiger partial charge in [-0.1, -0.05) is 0 Å². The van der Waals surface area contributed by atoms with Crippen LogP contribution in [0.5, 0.6) is 0 Å². The number of aromatic amines is 1. The van der Waals surface area contributed by atoms with E-state index in [0.29, 0.717) is 30.6 Å². The SMILES string of the molecule is COCc1nc([C@H]2CN(C(=O)c3cnn(C(C)C)c3)C[C@@H]2C2CC2)n[nH]1. The van der Waals surface area contributed by atoms with Crippen molar-refractivity contribution in [1.82, 2.24) is 29.9 Å². The smallest absolute Gasteiger partial charge is 0.257 e. The quantitative estimate of drug-likeness (QED) is 0.853. The molecule has 26 heavy (non-hydrogen) atoms. The number of hydrogen-bond acceptors (Lipinski definition) is 5. The van der Waals surface area contributed by atoms with E-state index in [-0.39, 0.29) is 17.9 Å². The van der Waals surface area contributed by atoms with Crippen LogP contribution in [0.2, 0.25) is 0 Å². The summed E-state index contributed by atoms with van der Waals surface area (Å²) in [6, 6.07) is 0.245. The molecule has 1 aliphatic heterocycles. The van der Waals surface area contributed by atoms with Gasteiger partial charge in [0, 0.05) is 38.4 Å². The molecule has 1 saturated heterocycles. The number of carbonyl (C=O) groups is 1. The molecule has 8 heteroatoms. The number of nitrogens with one attached hydrogen (secondary N) is 1. The second kappa shape index (κ2) is 6.83. The Balaban J connectivity index is 1.52. The highest BCUT2D eigenvalue weighted by Gasteiger charge is 2.46. The van der Waals surface area contributed by atoms with Crippen molar-refractivity contribution in [3.8, 4) is 0 Å². The van der Waals surface area contributed by atoms with Crippen molar-refractivity contribution < 1.29 is 9.53 Å². The van der Waals surface area contributed by atoms with E-state index in [1.807, 2.05) is 15.8 Å². The minimum absolute atomic E-state index is 0.0534. The standard InChI is InChI=1S/C18H26N6O2/c1-11(2)24-7-13(6-19-24)18(25)23-8-14(12-4-5-12)15(9-23)17-20-16(10-26-3)21-22-17/h6-7,11-12,14-15H,4-5,8-10H2,1-3H3,(H,20,21,22)/t14-,15+/m1/s1. The van der Waals surface area contributed by atoms with E-state index in [4.69, 9.17) is 4.74 Å². The number of nitrogens with zero attached hydrogens (tertiary/aromatic N) is 5. The molecule has 0 aromatic carbocycles. The van der Waals surface area contributed by atoms with Gasteiger partial charge in [0.2, 0.25) is 0 Å². The Kier molecular flexibility index (Phi) is 4.52. The third-order valence-corrected chi connectivity index (χ3v) is 5.42. The molecule has 1 saturated carbocycles. The maximum absolute atomic E-state index is 13.0. The van der Waals surface area contributed by atoms with Gasteiger partial charge in [-0.25, -0.2) is 4.98 Å². The highest BCUT2D eigenvalue weighted by molar-refractivity contribution is 5.94. The predicted molar refractivity (Wildman–Crippen MR) is 94.6 cm³/mol. The first-order valence-corrected chi connectivity index (χ1v) is 9.30. The summed E-state index contributed by atoms with van der Waals surface area (Å²) in [6.07, 6.45) is 5.99. The van der Waals surface area contributed by atoms with Crippen molar-refractivity contribution in [1.29, 1.82) is 0 Å². The Labute approximate surface area is 152 Å².